The average molecular weight is 297 g/mol. The number of nitrogens with one attached hydrogen (secondary N) is 1. The molecule has 2 unspecified atom stereocenters. The molecule has 1 aliphatic rings. The molecule has 4 nitrogen and oxygen atoms in total. The summed E-state index contributed by atoms with van der Waals surface area (Å²) in [6.07, 6.45) is 8.65. The van der Waals surface area contributed by atoms with Crippen LogP contribution in [0.1, 0.15) is 65.7 Å². The number of primary amides is 1. The van der Waals surface area contributed by atoms with E-state index in [1.165, 1.54) is 32.1 Å². The van der Waals surface area contributed by atoms with Crippen LogP contribution in [0, 0.1) is 5.92 Å². The molecule has 3 N–H and O–H groups in total. The van der Waals surface area contributed by atoms with E-state index in [-0.39, 0.29) is 5.91 Å². The van der Waals surface area contributed by atoms with Gasteiger partial charge in [-0.3, -0.25) is 4.79 Å². The predicted octanol–water partition coefficient (Wildman–Crippen LogP) is 2.52. The summed E-state index contributed by atoms with van der Waals surface area (Å²) in [5.74, 6) is 0.587. The highest BCUT2D eigenvalue weighted by molar-refractivity contribution is 5.84. The van der Waals surface area contributed by atoms with E-state index in [1.807, 2.05) is 6.92 Å². The number of amides is 1. The molecule has 0 aromatic carbocycles. The van der Waals surface area contributed by atoms with Gasteiger partial charge in [-0.1, -0.05) is 26.2 Å². The lowest BCUT2D eigenvalue weighted by Crippen LogP contribution is -2.56. The maximum Gasteiger partial charge on any atom is 0.237 e. The van der Waals surface area contributed by atoms with E-state index in [2.05, 4.69) is 31.1 Å². The van der Waals surface area contributed by atoms with Crippen molar-refractivity contribution < 1.29 is 4.79 Å². The zero-order chi connectivity index (χ0) is 15.9. The third kappa shape index (κ3) is 5.95. The molecule has 1 fully saturated rings. The summed E-state index contributed by atoms with van der Waals surface area (Å²) in [5.41, 5.74) is 5.02. The molecule has 2 atom stereocenters. The van der Waals surface area contributed by atoms with Crippen molar-refractivity contribution in [1.82, 2.24) is 10.2 Å². The number of rotatable bonds is 9. The van der Waals surface area contributed by atoms with Crippen LogP contribution < -0.4 is 11.1 Å². The largest absolute Gasteiger partial charge is 0.368 e. The van der Waals surface area contributed by atoms with Crippen LogP contribution in [0.4, 0.5) is 0 Å². The zero-order valence-corrected chi connectivity index (χ0v) is 14.5. The Hall–Kier alpha value is -0.610. The summed E-state index contributed by atoms with van der Waals surface area (Å²) >= 11 is 0. The topological polar surface area (TPSA) is 58.4 Å². The van der Waals surface area contributed by atoms with Crippen molar-refractivity contribution >= 4 is 5.91 Å². The first-order chi connectivity index (χ1) is 9.89. The quantitative estimate of drug-likeness (QED) is 0.687. The van der Waals surface area contributed by atoms with E-state index in [0.29, 0.717) is 6.04 Å². The first kappa shape index (κ1) is 18.4. The summed E-state index contributed by atoms with van der Waals surface area (Å²) in [7, 11) is 2.18. The Morgan fingerprint density at radius 1 is 1.38 bits per heavy atom. The van der Waals surface area contributed by atoms with Crippen LogP contribution in [0.5, 0.6) is 0 Å². The number of hydrogen-bond acceptors (Lipinski definition) is 3. The molecule has 0 bridgehead atoms. The molecule has 4 heteroatoms. The van der Waals surface area contributed by atoms with Gasteiger partial charge in [-0.15, -0.1) is 0 Å². The van der Waals surface area contributed by atoms with E-state index in [0.717, 1.165) is 31.8 Å². The second-order valence-electron chi connectivity index (χ2n) is 7.12. The Labute approximate surface area is 130 Å². The molecule has 1 amide bonds. The molecule has 1 saturated carbocycles. The van der Waals surface area contributed by atoms with Gasteiger partial charge in [0.05, 0.1) is 5.54 Å². The van der Waals surface area contributed by atoms with Crippen LogP contribution in [0.3, 0.4) is 0 Å². The second kappa shape index (κ2) is 8.74. The Kier molecular flexibility index (Phi) is 7.67. The summed E-state index contributed by atoms with van der Waals surface area (Å²) < 4.78 is 0. The van der Waals surface area contributed by atoms with Gasteiger partial charge in [0.25, 0.3) is 0 Å². The zero-order valence-electron chi connectivity index (χ0n) is 14.5. The Morgan fingerprint density at radius 2 is 2.00 bits per heavy atom. The van der Waals surface area contributed by atoms with Crippen molar-refractivity contribution in [3.8, 4) is 0 Å². The van der Waals surface area contributed by atoms with Gasteiger partial charge in [0.15, 0.2) is 0 Å². The molecule has 124 valence electrons. The molecule has 0 radical (unpaired) electrons. The van der Waals surface area contributed by atoms with Gasteiger partial charge >= 0.3 is 0 Å². The van der Waals surface area contributed by atoms with E-state index >= 15 is 0 Å². The van der Waals surface area contributed by atoms with Crippen LogP contribution in [-0.4, -0.2) is 42.5 Å². The van der Waals surface area contributed by atoms with Gasteiger partial charge in [-0.05, 0) is 59.0 Å². The van der Waals surface area contributed by atoms with Gasteiger partial charge in [0.2, 0.25) is 5.91 Å². The summed E-state index contributed by atoms with van der Waals surface area (Å²) in [6.45, 7) is 8.23. The number of carbonyl (C=O) groups excluding carboxylic acids is 1. The van der Waals surface area contributed by atoms with Crippen LogP contribution in [0.25, 0.3) is 0 Å². The third-order valence-electron chi connectivity index (χ3n) is 5.04. The fourth-order valence-corrected chi connectivity index (χ4v) is 3.36. The first-order valence-electron chi connectivity index (χ1n) is 8.64. The molecule has 1 rings (SSSR count). The van der Waals surface area contributed by atoms with E-state index in [9.17, 15) is 4.79 Å². The van der Waals surface area contributed by atoms with Crippen molar-refractivity contribution in [3.63, 3.8) is 0 Å². The van der Waals surface area contributed by atoms with E-state index < -0.39 is 5.54 Å². The Balaban J connectivity index is 2.50. The molecular formula is C17H35N3O. The standard InChI is InChI=1S/C17H35N3O/c1-5-11-19-17(3,16(18)21)12-14(2)20(4)13-15-9-7-6-8-10-15/h14-15,19H,5-13H2,1-4H3,(H2,18,21). The highest BCUT2D eigenvalue weighted by Gasteiger charge is 2.33. The number of hydrogen-bond donors (Lipinski definition) is 2. The Morgan fingerprint density at radius 3 is 2.52 bits per heavy atom. The smallest absolute Gasteiger partial charge is 0.237 e. The third-order valence-corrected chi connectivity index (χ3v) is 5.04. The van der Waals surface area contributed by atoms with Crippen molar-refractivity contribution in [1.29, 1.82) is 0 Å². The molecule has 0 spiro atoms. The molecular weight excluding hydrogens is 262 g/mol. The molecule has 0 aromatic heterocycles. The minimum atomic E-state index is -0.601. The molecule has 0 saturated heterocycles. The molecule has 0 heterocycles. The number of nitrogens with zero attached hydrogens (tertiary/aromatic N) is 1. The lowest BCUT2D eigenvalue weighted by Gasteiger charge is -2.36. The average Bonchev–Trinajstić information content (AvgIpc) is 2.46. The number of carbonyl (C=O) groups is 1. The van der Waals surface area contributed by atoms with Crippen LogP contribution >= 0.6 is 0 Å². The van der Waals surface area contributed by atoms with Crippen molar-refractivity contribution in [2.75, 3.05) is 20.1 Å². The maximum absolute atomic E-state index is 11.8. The lowest BCUT2D eigenvalue weighted by atomic mass is 9.87. The minimum Gasteiger partial charge on any atom is -0.368 e. The first-order valence-corrected chi connectivity index (χ1v) is 8.64. The van der Waals surface area contributed by atoms with E-state index in [4.69, 9.17) is 5.73 Å². The predicted molar refractivity (Wildman–Crippen MR) is 89.2 cm³/mol. The van der Waals surface area contributed by atoms with Crippen molar-refractivity contribution in [3.05, 3.63) is 0 Å². The monoisotopic (exact) mass is 297 g/mol. The minimum absolute atomic E-state index is 0.242. The fourth-order valence-electron chi connectivity index (χ4n) is 3.36. The lowest BCUT2D eigenvalue weighted by molar-refractivity contribution is -0.124. The molecule has 21 heavy (non-hydrogen) atoms. The highest BCUT2D eigenvalue weighted by Crippen LogP contribution is 2.25. The van der Waals surface area contributed by atoms with Gasteiger partial charge in [0, 0.05) is 12.6 Å². The van der Waals surface area contributed by atoms with Gasteiger partial charge in [0.1, 0.15) is 0 Å². The fraction of sp³-hybridized carbons (Fsp3) is 0.941. The van der Waals surface area contributed by atoms with Gasteiger partial charge in [-0.2, -0.15) is 0 Å². The summed E-state index contributed by atoms with van der Waals surface area (Å²) in [6, 6.07) is 0.355. The van der Waals surface area contributed by atoms with Crippen LogP contribution in [0.15, 0.2) is 0 Å². The highest BCUT2D eigenvalue weighted by atomic mass is 16.1. The summed E-state index contributed by atoms with van der Waals surface area (Å²) in [5, 5.41) is 3.33. The Bertz CT molecular complexity index is 315. The summed E-state index contributed by atoms with van der Waals surface area (Å²) in [4.78, 5) is 14.2. The normalized spacial score (nSPS) is 21.2. The second-order valence-corrected chi connectivity index (χ2v) is 7.12. The van der Waals surface area contributed by atoms with Crippen molar-refractivity contribution in [2.24, 2.45) is 11.7 Å². The SMILES string of the molecule is CCCNC(C)(CC(C)N(C)CC1CCCCC1)C(N)=O. The van der Waals surface area contributed by atoms with E-state index in [1.54, 1.807) is 0 Å². The van der Waals surface area contributed by atoms with Gasteiger partial charge in [-0.25, -0.2) is 0 Å². The van der Waals surface area contributed by atoms with Crippen LogP contribution in [0.2, 0.25) is 0 Å². The van der Waals surface area contributed by atoms with Crippen LogP contribution in [-0.2, 0) is 4.79 Å². The van der Waals surface area contributed by atoms with Gasteiger partial charge < -0.3 is 16.0 Å². The maximum atomic E-state index is 11.8. The van der Waals surface area contributed by atoms with Crippen molar-refractivity contribution in [2.45, 2.75) is 77.3 Å². The molecule has 0 aliphatic heterocycles. The number of nitrogens with two attached hydrogens (primary N) is 1. The molecule has 1 aliphatic carbocycles. The molecule has 0 aromatic rings.